The Kier molecular flexibility index (Phi) is 7.66. The molecule has 4 rings (SSSR count). The number of aromatic nitrogens is 1. The summed E-state index contributed by atoms with van der Waals surface area (Å²) < 4.78 is 0. The van der Waals surface area contributed by atoms with E-state index in [1.807, 2.05) is 30.3 Å². The number of carbonyl (C=O) groups is 3. The average molecular weight is 538 g/mol. The molecule has 1 aromatic heterocycles. The summed E-state index contributed by atoms with van der Waals surface area (Å²) in [6, 6.07) is 15.5. The molecule has 7 nitrogen and oxygen atoms in total. The largest absolute Gasteiger partial charge is 0.480 e. The molecule has 2 aromatic carbocycles. The van der Waals surface area contributed by atoms with Gasteiger partial charge in [0, 0.05) is 42.2 Å². The number of pyridine rings is 1. The van der Waals surface area contributed by atoms with E-state index in [1.54, 1.807) is 38.1 Å². The van der Waals surface area contributed by atoms with Crippen LogP contribution in [0.25, 0.3) is 0 Å². The van der Waals surface area contributed by atoms with Crippen LogP contribution in [0.1, 0.15) is 35.3 Å². The van der Waals surface area contributed by atoms with Crippen LogP contribution in [0.15, 0.2) is 78.3 Å². The molecule has 190 valence electrons. The fourth-order valence-corrected chi connectivity index (χ4v) is 4.85. The maximum Gasteiger partial charge on any atom is 0.326 e. The number of carbonyl (C=O) groups excluding carboxylic acids is 2. The zero-order valence-corrected chi connectivity index (χ0v) is 21.7. The molecule has 0 saturated heterocycles. The van der Waals surface area contributed by atoms with E-state index >= 15 is 0 Å². The van der Waals surface area contributed by atoms with Crippen LogP contribution >= 0.6 is 23.2 Å². The van der Waals surface area contributed by atoms with Crippen LogP contribution in [-0.2, 0) is 22.4 Å². The van der Waals surface area contributed by atoms with Crippen molar-refractivity contribution in [2.45, 2.75) is 32.7 Å². The van der Waals surface area contributed by atoms with Gasteiger partial charge in [0.15, 0.2) is 5.78 Å². The van der Waals surface area contributed by atoms with Crippen molar-refractivity contribution in [1.82, 2.24) is 10.3 Å². The molecule has 0 radical (unpaired) electrons. The summed E-state index contributed by atoms with van der Waals surface area (Å²) in [6.07, 6.45) is 3.29. The van der Waals surface area contributed by atoms with Crippen LogP contribution in [0.4, 0.5) is 5.69 Å². The first-order valence-electron chi connectivity index (χ1n) is 11.6. The molecular formula is C28H25Cl2N3O4. The molecular weight excluding hydrogens is 513 g/mol. The van der Waals surface area contributed by atoms with Gasteiger partial charge in [-0.15, -0.1) is 0 Å². The van der Waals surface area contributed by atoms with E-state index < -0.39 is 23.3 Å². The van der Waals surface area contributed by atoms with Gasteiger partial charge in [-0.1, -0.05) is 65.7 Å². The smallest absolute Gasteiger partial charge is 0.326 e. The first-order valence-corrected chi connectivity index (χ1v) is 12.3. The molecule has 1 amide bonds. The van der Waals surface area contributed by atoms with Crippen molar-refractivity contribution < 1.29 is 19.5 Å². The topological polar surface area (TPSA) is 108 Å². The van der Waals surface area contributed by atoms with Gasteiger partial charge < -0.3 is 15.7 Å². The molecule has 0 fully saturated rings. The average Bonchev–Trinajstić information content (AvgIpc) is 2.86. The molecule has 9 heteroatoms. The Morgan fingerprint density at radius 1 is 0.973 bits per heavy atom. The summed E-state index contributed by atoms with van der Waals surface area (Å²) in [5, 5.41) is 16.0. The van der Waals surface area contributed by atoms with Crippen molar-refractivity contribution in [3.05, 3.63) is 105 Å². The Morgan fingerprint density at radius 3 is 2.19 bits per heavy atom. The third kappa shape index (κ3) is 5.68. The van der Waals surface area contributed by atoms with Gasteiger partial charge in [0.05, 0.1) is 21.0 Å². The van der Waals surface area contributed by atoms with Crippen molar-refractivity contribution in [2.75, 3.05) is 5.32 Å². The Morgan fingerprint density at radius 2 is 1.59 bits per heavy atom. The first-order chi connectivity index (χ1) is 17.6. The van der Waals surface area contributed by atoms with Crippen LogP contribution in [0.5, 0.6) is 0 Å². The van der Waals surface area contributed by atoms with Gasteiger partial charge in [0.2, 0.25) is 0 Å². The lowest BCUT2D eigenvalue weighted by Gasteiger charge is -2.41. The van der Waals surface area contributed by atoms with Crippen molar-refractivity contribution in [3.63, 3.8) is 0 Å². The minimum atomic E-state index is -1.03. The number of halogens is 2. The Bertz CT molecular complexity index is 1370. The lowest BCUT2D eigenvalue weighted by Crippen LogP contribution is -2.51. The first kappa shape index (κ1) is 26.4. The fraction of sp³-hybridized carbons (Fsp3) is 0.214. The molecule has 0 aliphatic heterocycles. The number of Topliss-reactive ketones (excluding diaryl/α,β-unsaturated/α-hetero) is 1. The van der Waals surface area contributed by atoms with Crippen molar-refractivity contribution >= 4 is 46.5 Å². The fourth-order valence-electron chi connectivity index (χ4n) is 4.31. The molecule has 1 atom stereocenters. The van der Waals surface area contributed by atoms with Crippen molar-refractivity contribution in [2.24, 2.45) is 5.41 Å². The second-order valence-corrected chi connectivity index (χ2v) is 10.2. The quantitative estimate of drug-likeness (QED) is 0.340. The number of ketones is 1. The van der Waals surface area contributed by atoms with Gasteiger partial charge in [-0.25, -0.2) is 4.79 Å². The van der Waals surface area contributed by atoms with Gasteiger partial charge >= 0.3 is 5.97 Å². The molecule has 1 heterocycles. The van der Waals surface area contributed by atoms with E-state index in [1.165, 1.54) is 12.4 Å². The highest BCUT2D eigenvalue weighted by Crippen LogP contribution is 2.42. The maximum absolute atomic E-state index is 12.8. The van der Waals surface area contributed by atoms with E-state index in [0.717, 1.165) is 11.1 Å². The van der Waals surface area contributed by atoms with Crippen LogP contribution in [-0.4, -0.2) is 33.8 Å². The van der Waals surface area contributed by atoms with E-state index in [-0.39, 0.29) is 27.8 Å². The molecule has 37 heavy (non-hydrogen) atoms. The number of hydrogen-bond donors (Lipinski definition) is 3. The number of benzene rings is 2. The number of rotatable bonds is 9. The zero-order chi connectivity index (χ0) is 26.7. The molecule has 0 spiro atoms. The number of anilines is 1. The van der Waals surface area contributed by atoms with E-state index in [0.29, 0.717) is 23.4 Å². The third-order valence-corrected chi connectivity index (χ3v) is 6.91. The molecule has 3 aromatic rings. The minimum Gasteiger partial charge on any atom is -0.480 e. The van der Waals surface area contributed by atoms with Gasteiger partial charge in [-0.2, -0.15) is 0 Å². The molecule has 1 unspecified atom stereocenters. The summed E-state index contributed by atoms with van der Waals surface area (Å²) in [7, 11) is 0. The Balaban J connectivity index is 1.48. The summed E-state index contributed by atoms with van der Waals surface area (Å²) in [4.78, 5) is 41.3. The van der Waals surface area contributed by atoms with Crippen LogP contribution in [0, 0.1) is 5.41 Å². The van der Waals surface area contributed by atoms with E-state index in [2.05, 4.69) is 15.6 Å². The number of nitrogens with one attached hydrogen (secondary N) is 2. The van der Waals surface area contributed by atoms with Crippen molar-refractivity contribution in [3.8, 4) is 0 Å². The molecule has 3 N–H and O–H groups in total. The highest BCUT2D eigenvalue weighted by molar-refractivity contribution is 6.40. The highest BCUT2D eigenvalue weighted by atomic mass is 35.5. The normalized spacial score (nSPS) is 15.1. The van der Waals surface area contributed by atoms with Crippen molar-refractivity contribution in [1.29, 1.82) is 0 Å². The van der Waals surface area contributed by atoms with Gasteiger partial charge in [0.25, 0.3) is 5.91 Å². The predicted molar refractivity (Wildman–Crippen MR) is 143 cm³/mol. The zero-order valence-electron chi connectivity index (χ0n) is 20.2. The van der Waals surface area contributed by atoms with Gasteiger partial charge in [-0.3, -0.25) is 14.6 Å². The summed E-state index contributed by atoms with van der Waals surface area (Å²) in [6.45, 7) is 3.59. The summed E-state index contributed by atoms with van der Waals surface area (Å²) in [5.41, 5.74) is 2.83. The van der Waals surface area contributed by atoms with Crippen LogP contribution < -0.4 is 10.6 Å². The minimum absolute atomic E-state index is 0.0116. The number of aliphatic carboxylic acids is 1. The van der Waals surface area contributed by atoms with Crippen LogP contribution in [0.2, 0.25) is 10.0 Å². The molecule has 0 bridgehead atoms. The predicted octanol–water partition coefficient (Wildman–Crippen LogP) is 5.33. The highest BCUT2D eigenvalue weighted by Gasteiger charge is 2.47. The number of carboxylic acid groups (broad SMARTS) is 1. The number of allylic oxidation sites excluding steroid dienone is 2. The number of nitrogens with zero attached hydrogens (tertiary/aromatic N) is 1. The Labute approximate surface area is 224 Å². The number of hydrogen-bond acceptors (Lipinski definition) is 5. The van der Waals surface area contributed by atoms with E-state index in [4.69, 9.17) is 23.2 Å². The second-order valence-electron chi connectivity index (χ2n) is 9.34. The van der Waals surface area contributed by atoms with Crippen LogP contribution in [0.3, 0.4) is 0 Å². The lowest BCUT2D eigenvalue weighted by molar-refractivity contribution is -0.139. The second kappa shape index (κ2) is 10.7. The Hall–Kier alpha value is -3.68. The van der Waals surface area contributed by atoms with Gasteiger partial charge in [0.1, 0.15) is 6.04 Å². The standard InChI is InChI=1S/C28H25Cl2N3O4/c1-28(2)24(19(25(28)34)12-16-6-4-3-5-7-16)33-22(27(36)37)13-17-8-10-18(11-9-17)32-26(35)23-20(29)14-31-15-21(23)30/h3-11,14-15,22,33H,12-13H2,1-2H3,(H,32,35)(H,36,37). The molecule has 0 saturated carbocycles. The van der Waals surface area contributed by atoms with E-state index in [9.17, 15) is 19.5 Å². The monoisotopic (exact) mass is 537 g/mol. The lowest BCUT2D eigenvalue weighted by atomic mass is 9.67. The number of amides is 1. The summed E-state index contributed by atoms with van der Waals surface area (Å²) in [5.74, 6) is -1.50. The third-order valence-electron chi connectivity index (χ3n) is 6.34. The molecule has 1 aliphatic carbocycles. The molecule has 1 aliphatic rings. The maximum atomic E-state index is 12.8. The SMILES string of the molecule is CC1(C)C(=O)C(Cc2ccccc2)=C1NC(Cc1ccc(NC(=O)c2c(Cl)cncc2Cl)cc1)C(=O)O. The number of carboxylic acids is 1. The van der Waals surface area contributed by atoms with Gasteiger partial charge in [-0.05, 0) is 37.1 Å². The summed E-state index contributed by atoms with van der Waals surface area (Å²) >= 11 is 12.1.